The quantitative estimate of drug-likeness (QED) is 0.850. The highest BCUT2D eigenvalue weighted by Gasteiger charge is 2.41. The third-order valence-electron chi connectivity index (χ3n) is 3.82. The monoisotopic (exact) mass is 264 g/mol. The summed E-state index contributed by atoms with van der Waals surface area (Å²) >= 11 is 0. The van der Waals surface area contributed by atoms with E-state index in [0.717, 1.165) is 11.1 Å². The van der Waals surface area contributed by atoms with Gasteiger partial charge >= 0.3 is 5.97 Å². The largest absolute Gasteiger partial charge is 0.469 e. The van der Waals surface area contributed by atoms with Crippen molar-refractivity contribution in [2.24, 2.45) is 11.8 Å². The molecule has 2 unspecified atom stereocenters. The van der Waals surface area contributed by atoms with Gasteiger partial charge in [0.1, 0.15) is 5.60 Å². The number of carbonyl (C=O) groups excluding carboxylic acids is 1. The van der Waals surface area contributed by atoms with E-state index in [1.165, 1.54) is 12.7 Å². The molecule has 3 heteroatoms. The van der Waals surface area contributed by atoms with Crippen molar-refractivity contribution >= 4 is 5.97 Å². The van der Waals surface area contributed by atoms with Crippen LogP contribution < -0.4 is 0 Å². The number of aryl methyl sites for hydroxylation is 2. The number of ether oxygens (including phenoxy) is 1. The predicted octanol–water partition coefficient (Wildman–Crippen LogP) is 2.96. The van der Waals surface area contributed by atoms with Crippen LogP contribution in [0.3, 0.4) is 0 Å². The molecule has 2 atom stereocenters. The minimum atomic E-state index is -1.24. The topological polar surface area (TPSA) is 46.5 Å². The van der Waals surface area contributed by atoms with Crippen LogP contribution in [0.25, 0.3) is 0 Å². The van der Waals surface area contributed by atoms with Crippen LogP contribution in [0.15, 0.2) is 18.2 Å². The Balaban J connectivity index is 3.25. The molecule has 0 saturated heterocycles. The number of hydrogen-bond acceptors (Lipinski definition) is 3. The van der Waals surface area contributed by atoms with Crippen molar-refractivity contribution in [3.8, 4) is 0 Å². The molecule has 0 aliphatic heterocycles. The molecule has 3 nitrogen and oxygen atoms in total. The van der Waals surface area contributed by atoms with Gasteiger partial charge < -0.3 is 9.84 Å². The van der Waals surface area contributed by atoms with Crippen molar-refractivity contribution in [2.45, 2.75) is 40.2 Å². The molecular weight excluding hydrogens is 240 g/mol. The minimum absolute atomic E-state index is 0.0101. The molecule has 1 N–H and O–H groups in total. The molecule has 1 aromatic carbocycles. The molecule has 0 bridgehead atoms. The van der Waals surface area contributed by atoms with Crippen molar-refractivity contribution in [2.75, 3.05) is 7.11 Å². The molecule has 0 aliphatic rings. The fourth-order valence-corrected chi connectivity index (χ4v) is 2.51. The number of benzene rings is 1. The van der Waals surface area contributed by atoms with E-state index in [1.54, 1.807) is 6.92 Å². The molecule has 0 spiro atoms. The fraction of sp³-hybridized carbons (Fsp3) is 0.562. The number of hydrogen-bond donors (Lipinski definition) is 1. The molecule has 0 aromatic heterocycles. The van der Waals surface area contributed by atoms with Gasteiger partial charge in [-0.25, -0.2) is 0 Å². The van der Waals surface area contributed by atoms with Crippen LogP contribution in [0.4, 0.5) is 0 Å². The zero-order valence-corrected chi connectivity index (χ0v) is 12.7. The molecule has 1 aromatic rings. The van der Waals surface area contributed by atoms with Crippen LogP contribution in [0.5, 0.6) is 0 Å². The molecule has 19 heavy (non-hydrogen) atoms. The van der Waals surface area contributed by atoms with E-state index in [4.69, 9.17) is 4.74 Å². The molecule has 0 fully saturated rings. The van der Waals surface area contributed by atoms with Crippen LogP contribution >= 0.6 is 0 Å². The maximum Gasteiger partial charge on any atom is 0.312 e. The lowest BCUT2D eigenvalue weighted by Gasteiger charge is -2.34. The van der Waals surface area contributed by atoms with Crippen LogP contribution in [0.2, 0.25) is 0 Å². The lowest BCUT2D eigenvalue weighted by molar-refractivity contribution is -0.159. The maximum atomic E-state index is 11.9. The highest BCUT2D eigenvalue weighted by atomic mass is 16.5. The second-order valence-electron chi connectivity index (χ2n) is 5.69. The Morgan fingerprint density at radius 2 is 1.84 bits per heavy atom. The Bertz CT molecular complexity index is 461. The fourth-order valence-electron chi connectivity index (χ4n) is 2.51. The highest BCUT2D eigenvalue weighted by Crippen LogP contribution is 2.35. The first kappa shape index (κ1) is 15.7. The van der Waals surface area contributed by atoms with Gasteiger partial charge in [0.2, 0.25) is 0 Å². The first-order valence-corrected chi connectivity index (χ1v) is 6.59. The van der Waals surface area contributed by atoms with Crippen LogP contribution in [-0.4, -0.2) is 18.2 Å². The van der Waals surface area contributed by atoms with Crippen LogP contribution in [-0.2, 0) is 15.1 Å². The number of methoxy groups -OCH3 is 1. The second-order valence-corrected chi connectivity index (χ2v) is 5.69. The Hall–Kier alpha value is -1.35. The van der Waals surface area contributed by atoms with Gasteiger partial charge in [0, 0.05) is 0 Å². The molecule has 0 radical (unpaired) electrons. The van der Waals surface area contributed by atoms with Crippen LogP contribution in [0, 0.1) is 25.7 Å². The lowest BCUT2D eigenvalue weighted by atomic mass is 9.76. The third-order valence-corrected chi connectivity index (χ3v) is 3.82. The number of carbonyl (C=O) groups is 1. The zero-order valence-electron chi connectivity index (χ0n) is 12.7. The Morgan fingerprint density at radius 1 is 1.26 bits per heavy atom. The number of esters is 1. The van der Waals surface area contributed by atoms with Crippen molar-refractivity contribution in [1.82, 2.24) is 0 Å². The smallest absolute Gasteiger partial charge is 0.312 e. The zero-order chi connectivity index (χ0) is 14.8. The summed E-state index contributed by atoms with van der Waals surface area (Å²) in [5, 5.41) is 10.8. The summed E-state index contributed by atoms with van der Waals surface area (Å²) in [6.07, 6.45) is 0. The van der Waals surface area contributed by atoms with Gasteiger partial charge in [-0.3, -0.25) is 4.79 Å². The van der Waals surface area contributed by atoms with Gasteiger partial charge in [0.05, 0.1) is 13.0 Å². The van der Waals surface area contributed by atoms with Crippen molar-refractivity contribution in [3.63, 3.8) is 0 Å². The van der Waals surface area contributed by atoms with Gasteiger partial charge in [0.25, 0.3) is 0 Å². The average molecular weight is 264 g/mol. The summed E-state index contributed by atoms with van der Waals surface area (Å²) in [6.45, 7) is 9.53. The standard InChI is InChI=1S/C16H24O3/c1-10(2)14(15(17)19-6)16(5,18)13-8-7-11(3)12(4)9-13/h7-10,14,18H,1-6H3. The van der Waals surface area contributed by atoms with E-state index in [2.05, 4.69) is 0 Å². The van der Waals surface area contributed by atoms with Gasteiger partial charge in [-0.05, 0) is 43.4 Å². The summed E-state index contributed by atoms with van der Waals surface area (Å²) in [7, 11) is 1.36. The first-order valence-electron chi connectivity index (χ1n) is 6.59. The van der Waals surface area contributed by atoms with Gasteiger partial charge in [-0.2, -0.15) is 0 Å². The van der Waals surface area contributed by atoms with Crippen LogP contribution in [0.1, 0.15) is 37.5 Å². The van der Waals surface area contributed by atoms with Crippen molar-refractivity contribution in [3.05, 3.63) is 34.9 Å². The van der Waals surface area contributed by atoms with E-state index >= 15 is 0 Å². The van der Waals surface area contributed by atoms with Gasteiger partial charge in [0.15, 0.2) is 0 Å². The lowest BCUT2D eigenvalue weighted by Crippen LogP contribution is -2.41. The SMILES string of the molecule is COC(=O)C(C(C)C)C(C)(O)c1ccc(C)c(C)c1. The maximum absolute atomic E-state index is 11.9. The minimum Gasteiger partial charge on any atom is -0.469 e. The molecule has 0 heterocycles. The molecule has 0 aliphatic carbocycles. The van der Waals surface area contributed by atoms with E-state index < -0.39 is 11.5 Å². The molecule has 1 rings (SSSR count). The third kappa shape index (κ3) is 3.16. The van der Waals surface area contributed by atoms with Crippen molar-refractivity contribution in [1.29, 1.82) is 0 Å². The predicted molar refractivity (Wildman–Crippen MR) is 75.8 cm³/mol. The van der Waals surface area contributed by atoms with Crippen molar-refractivity contribution < 1.29 is 14.6 Å². The van der Waals surface area contributed by atoms with Gasteiger partial charge in [-0.15, -0.1) is 0 Å². The number of rotatable bonds is 4. The molecule has 0 amide bonds. The normalized spacial score (nSPS) is 16.0. The average Bonchev–Trinajstić information content (AvgIpc) is 2.31. The molecule has 0 saturated carbocycles. The van der Waals surface area contributed by atoms with E-state index in [0.29, 0.717) is 0 Å². The van der Waals surface area contributed by atoms with Gasteiger partial charge in [-0.1, -0.05) is 32.0 Å². The summed E-state index contributed by atoms with van der Waals surface area (Å²) in [4.78, 5) is 11.9. The van der Waals surface area contributed by atoms with E-state index in [-0.39, 0.29) is 11.9 Å². The molecular formula is C16H24O3. The van der Waals surface area contributed by atoms with E-state index in [9.17, 15) is 9.90 Å². The summed E-state index contributed by atoms with van der Waals surface area (Å²) < 4.78 is 4.84. The number of aliphatic hydroxyl groups is 1. The second kappa shape index (κ2) is 5.74. The Labute approximate surface area is 115 Å². The Kier molecular flexibility index (Phi) is 4.75. The summed E-state index contributed by atoms with van der Waals surface area (Å²) in [5.74, 6) is -0.970. The summed E-state index contributed by atoms with van der Waals surface area (Å²) in [6, 6.07) is 5.78. The Morgan fingerprint density at radius 3 is 2.26 bits per heavy atom. The van der Waals surface area contributed by atoms with E-state index in [1.807, 2.05) is 45.9 Å². The summed E-state index contributed by atoms with van der Waals surface area (Å²) in [5.41, 5.74) is 1.78. The first-order chi connectivity index (χ1) is 8.71. The highest BCUT2D eigenvalue weighted by molar-refractivity contribution is 5.74. The molecule has 106 valence electrons.